The van der Waals surface area contributed by atoms with Gasteiger partial charge in [-0.15, -0.1) is 0 Å². The SMILES string of the molecule is CCC(C)(CCO)NS(=O)(=O)N1CCCCC1C(=O)O. The first-order valence-electron chi connectivity index (χ1n) is 6.90. The minimum Gasteiger partial charge on any atom is -0.480 e. The second kappa shape index (κ2) is 6.84. The van der Waals surface area contributed by atoms with Crippen LogP contribution in [0, 0.1) is 0 Å². The Bertz CT molecular complexity index is 439. The molecule has 8 heteroatoms. The molecule has 0 aromatic carbocycles. The number of aliphatic carboxylic acids is 1. The second-order valence-corrected chi connectivity index (χ2v) is 7.08. The Labute approximate surface area is 120 Å². The van der Waals surface area contributed by atoms with Crippen molar-refractivity contribution in [3.63, 3.8) is 0 Å². The zero-order valence-electron chi connectivity index (χ0n) is 12.0. The van der Waals surface area contributed by atoms with E-state index in [0.717, 1.165) is 4.31 Å². The predicted molar refractivity (Wildman–Crippen MR) is 74.4 cm³/mol. The van der Waals surface area contributed by atoms with E-state index in [1.807, 2.05) is 6.92 Å². The molecule has 7 nitrogen and oxygen atoms in total. The van der Waals surface area contributed by atoms with Gasteiger partial charge in [0.15, 0.2) is 0 Å². The van der Waals surface area contributed by atoms with Crippen LogP contribution < -0.4 is 4.72 Å². The Morgan fingerprint density at radius 2 is 2.10 bits per heavy atom. The number of hydrogen-bond donors (Lipinski definition) is 3. The van der Waals surface area contributed by atoms with Crippen molar-refractivity contribution in [2.75, 3.05) is 13.2 Å². The number of nitrogens with zero attached hydrogens (tertiary/aromatic N) is 1. The van der Waals surface area contributed by atoms with Crippen molar-refractivity contribution in [1.29, 1.82) is 0 Å². The molecule has 0 aromatic heterocycles. The van der Waals surface area contributed by atoms with E-state index in [2.05, 4.69) is 4.72 Å². The molecule has 1 fully saturated rings. The van der Waals surface area contributed by atoms with Crippen LogP contribution in [0.5, 0.6) is 0 Å². The molecule has 0 aliphatic carbocycles. The summed E-state index contributed by atoms with van der Waals surface area (Å²) in [4.78, 5) is 11.2. The van der Waals surface area contributed by atoms with Crippen LogP contribution in [-0.2, 0) is 15.0 Å². The van der Waals surface area contributed by atoms with Crippen molar-refractivity contribution in [1.82, 2.24) is 9.03 Å². The molecule has 2 atom stereocenters. The minimum absolute atomic E-state index is 0.130. The Morgan fingerprint density at radius 1 is 1.45 bits per heavy atom. The monoisotopic (exact) mass is 308 g/mol. The molecule has 118 valence electrons. The van der Waals surface area contributed by atoms with E-state index in [4.69, 9.17) is 10.2 Å². The fraction of sp³-hybridized carbons (Fsp3) is 0.917. The first kappa shape index (κ1) is 17.4. The molecule has 0 radical (unpaired) electrons. The van der Waals surface area contributed by atoms with Crippen LogP contribution in [0.3, 0.4) is 0 Å². The summed E-state index contributed by atoms with van der Waals surface area (Å²) in [6, 6.07) is -1.00. The third kappa shape index (κ3) is 4.15. The molecular formula is C12H24N2O5S. The van der Waals surface area contributed by atoms with Gasteiger partial charge in [-0.25, -0.2) is 0 Å². The van der Waals surface area contributed by atoms with E-state index in [-0.39, 0.29) is 19.6 Å². The number of nitrogens with one attached hydrogen (secondary N) is 1. The van der Waals surface area contributed by atoms with E-state index < -0.39 is 27.8 Å². The van der Waals surface area contributed by atoms with Crippen molar-refractivity contribution in [2.45, 2.75) is 57.5 Å². The lowest BCUT2D eigenvalue weighted by Crippen LogP contribution is -2.57. The maximum absolute atomic E-state index is 12.4. The Kier molecular flexibility index (Phi) is 5.93. The lowest BCUT2D eigenvalue weighted by molar-refractivity contribution is -0.142. The highest BCUT2D eigenvalue weighted by Crippen LogP contribution is 2.23. The number of carbonyl (C=O) groups is 1. The first-order valence-corrected chi connectivity index (χ1v) is 8.34. The maximum Gasteiger partial charge on any atom is 0.322 e. The quantitative estimate of drug-likeness (QED) is 0.627. The summed E-state index contributed by atoms with van der Waals surface area (Å²) in [5.41, 5.74) is -0.770. The predicted octanol–water partition coefficient (Wildman–Crippen LogP) is 0.311. The number of carboxylic acids is 1. The van der Waals surface area contributed by atoms with Crippen LogP contribution >= 0.6 is 0 Å². The average Bonchev–Trinajstić information content (AvgIpc) is 2.38. The number of rotatable bonds is 7. The smallest absolute Gasteiger partial charge is 0.322 e. The van der Waals surface area contributed by atoms with Crippen LogP contribution in [0.4, 0.5) is 0 Å². The topological polar surface area (TPSA) is 107 Å². The van der Waals surface area contributed by atoms with Gasteiger partial charge >= 0.3 is 5.97 Å². The molecule has 1 saturated heterocycles. The van der Waals surface area contributed by atoms with E-state index in [0.29, 0.717) is 25.7 Å². The molecule has 1 aliphatic rings. The van der Waals surface area contributed by atoms with Crippen LogP contribution in [0.1, 0.15) is 46.0 Å². The summed E-state index contributed by atoms with van der Waals surface area (Å²) in [7, 11) is -3.88. The normalized spacial score (nSPS) is 24.2. The lowest BCUT2D eigenvalue weighted by Gasteiger charge is -2.36. The van der Waals surface area contributed by atoms with Gasteiger partial charge in [-0.1, -0.05) is 6.92 Å². The third-order valence-corrected chi connectivity index (χ3v) is 5.67. The molecule has 0 amide bonds. The van der Waals surface area contributed by atoms with Crippen molar-refractivity contribution in [2.24, 2.45) is 0 Å². The number of piperidine rings is 1. The average molecular weight is 308 g/mol. The number of aliphatic hydroxyl groups excluding tert-OH is 1. The maximum atomic E-state index is 12.4. The summed E-state index contributed by atoms with van der Waals surface area (Å²) in [6.45, 7) is 3.62. The van der Waals surface area contributed by atoms with Gasteiger partial charge in [0.05, 0.1) is 0 Å². The van der Waals surface area contributed by atoms with Crippen LogP contribution in [0.15, 0.2) is 0 Å². The summed E-state index contributed by atoms with van der Waals surface area (Å²) in [6.07, 6.45) is 2.50. The number of carboxylic acid groups (broad SMARTS) is 1. The highest BCUT2D eigenvalue weighted by Gasteiger charge is 2.39. The zero-order chi connectivity index (χ0) is 15.4. The molecule has 20 heavy (non-hydrogen) atoms. The van der Waals surface area contributed by atoms with Crippen molar-refractivity contribution in [3.05, 3.63) is 0 Å². The van der Waals surface area contributed by atoms with Crippen molar-refractivity contribution < 1.29 is 23.4 Å². The molecule has 0 aromatic rings. The lowest BCUT2D eigenvalue weighted by atomic mass is 9.97. The minimum atomic E-state index is -3.88. The molecule has 0 saturated carbocycles. The summed E-state index contributed by atoms with van der Waals surface area (Å²) in [5, 5.41) is 18.2. The molecule has 1 aliphatic heterocycles. The van der Waals surface area contributed by atoms with Crippen LogP contribution in [-0.4, -0.2) is 53.6 Å². The largest absolute Gasteiger partial charge is 0.480 e. The van der Waals surface area contributed by atoms with Gasteiger partial charge in [-0.05, 0) is 39.0 Å². The first-order chi connectivity index (χ1) is 9.25. The second-order valence-electron chi connectivity index (χ2n) is 5.46. The highest BCUT2D eigenvalue weighted by molar-refractivity contribution is 7.87. The molecule has 1 rings (SSSR count). The van der Waals surface area contributed by atoms with Gasteiger partial charge in [-0.3, -0.25) is 4.79 Å². The summed E-state index contributed by atoms with van der Waals surface area (Å²) in [5.74, 6) is -1.12. The third-order valence-electron chi connectivity index (χ3n) is 3.87. The van der Waals surface area contributed by atoms with Crippen LogP contribution in [0.2, 0.25) is 0 Å². The van der Waals surface area contributed by atoms with Crippen molar-refractivity contribution in [3.8, 4) is 0 Å². The van der Waals surface area contributed by atoms with Gasteiger partial charge in [0.2, 0.25) is 0 Å². The standard InChI is InChI=1S/C12H24N2O5S/c1-3-12(2,7-9-15)13-20(18,19)14-8-5-4-6-10(14)11(16)17/h10,13,15H,3-9H2,1-2H3,(H,16,17). The molecule has 3 N–H and O–H groups in total. The molecule has 1 heterocycles. The van der Waals surface area contributed by atoms with Crippen molar-refractivity contribution >= 4 is 16.2 Å². The highest BCUT2D eigenvalue weighted by atomic mass is 32.2. The van der Waals surface area contributed by atoms with E-state index in [1.54, 1.807) is 6.92 Å². The Hall–Kier alpha value is -0.700. The fourth-order valence-corrected chi connectivity index (χ4v) is 4.24. The molecular weight excluding hydrogens is 284 g/mol. The molecule has 0 spiro atoms. The van der Waals surface area contributed by atoms with Gasteiger partial charge in [-0.2, -0.15) is 17.4 Å². The Balaban J connectivity index is 2.93. The van der Waals surface area contributed by atoms with Gasteiger partial charge in [0.25, 0.3) is 10.2 Å². The Morgan fingerprint density at radius 3 is 2.60 bits per heavy atom. The molecule has 2 unspecified atom stereocenters. The number of hydrogen-bond acceptors (Lipinski definition) is 4. The molecule has 0 bridgehead atoms. The van der Waals surface area contributed by atoms with Crippen LogP contribution in [0.25, 0.3) is 0 Å². The summed E-state index contributed by atoms with van der Waals surface area (Å²) >= 11 is 0. The van der Waals surface area contributed by atoms with E-state index in [1.165, 1.54) is 0 Å². The fourth-order valence-electron chi connectivity index (χ4n) is 2.36. The van der Waals surface area contributed by atoms with Gasteiger partial charge < -0.3 is 10.2 Å². The van der Waals surface area contributed by atoms with E-state index >= 15 is 0 Å². The van der Waals surface area contributed by atoms with Gasteiger partial charge in [0, 0.05) is 18.7 Å². The van der Waals surface area contributed by atoms with Gasteiger partial charge in [0.1, 0.15) is 6.04 Å². The zero-order valence-corrected chi connectivity index (χ0v) is 12.8. The summed E-state index contributed by atoms with van der Waals surface area (Å²) < 4.78 is 28.4. The van der Waals surface area contributed by atoms with E-state index in [9.17, 15) is 13.2 Å². The number of aliphatic hydroxyl groups is 1.